The summed E-state index contributed by atoms with van der Waals surface area (Å²) in [5.74, 6) is 0.253. The quantitative estimate of drug-likeness (QED) is 0.921. The van der Waals surface area contributed by atoms with Gasteiger partial charge in [0.05, 0.1) is 6.61 Å². The zero-order valence-electron chi connectivity index (χ0n) is 15.0. The number of likely N-dealkylation sites (tertiary alicyclic amines) is 2. The van der Waals surface area contributed by atoms with Crippen LogP contribution in [-0.2, 0) is 11.2 Å². The molecule has 0 unspecified atom stereocenters. The Balaban J connectivity index is 1.62. The van der Waals surface area contributed by atoms with E-state index in [0.717, 1.165) is 45.3 Å². The molecule has 2 saturated heterocycles. The van der Waals surface area contributed by atoms with Crippen molar-refractivity contribution in [3.63, 3.8) is 0 Å². The Morgan fingerprint density at radius 3 is 2.83 bits per heavy atom. The number of piperidine rings is 2. The molecule has 132 valence electrons. The van der Waals surface area contributed by atoms with Gasteiger partial charge in [-0.3, -0.25) is 4.79 Å². The third-order valence-corrected chi connectivity index (χ3v) is 6.23. The molecular formula is C20H30N2O2. The van der Waals surface area contributed by atoms with Gasteiger partial charge in [-0.2, -0.15) is 0 Å². The molecule has 2 atom stereocenters. The van der Waals surface area contributed by atoms with Crippen LogP contribution in [0, 0.1) is 12.3 Å². The van der Waals surface area contributed by atoms with Gasteiger partial charge in [0.1, 0.15) is 0 Å². The highest BCUT2D eigenvalue weighted by atomic mass is 16.3. The summed E-state index contributed by atoms with van der Waals surface area (Å²) in [4.78, 5) is 17.1. The minimum atomic E-state index is -0.000200. The van der Waals surface area contributed by atoms with Crippen molar-refractivity contribution in [3.05, 3.63) is 35.4 Å². The number of fused-ring (bicyclic) bond motifs is 1. The van der Waals surface area contributed by atoms with E-state index in [4.69, 9.17) is 0 Å². The first-order valence-corrected chi connectivity index (χ1v) is 9.19. The number of amides is 1. The van der Waals surface area contributed by atoms with Gasteiger partial charge in [0.2, 0.25) is 5.91 Å². The fourth-order valence-corrected chi connectivity index (χ4v) is 4.53. The monoisotopic (exact) mass is 330 g/mol. The largest absolute Gasteiger partial charge is 0.396 e. The van der Waals surface area contributed by atoms with Crippen molar-refractivity contribution in [2.45, 2.75) is 45.1 Å². The maximum atomic E-state index is 12.7. The predicted octanol–water partition coefficient (Wildman–Crippen LogP) is 2.23. The van der Waals surface area contributed by atoms with Gasteiger partial charge in [-0.05, 0) is 57.3 Å². The molecular weight excluding hydrogens is 300 g/mol. The van der Waals surface area contributed by atoms with Crippen molar-refractivity contribution < 1.29 is 9.90 Å². The molecule has 1 amide bonds. The molecule has 0 aromatic heterocycles. The van der Waals surface area contributed by atoms with E-state index in [-0.39, 0.29) is 17.9 Å². The van der Waals surface area contributed by atoms with Gasteiger partial charge < -0.3 is 14.9 Å². The van der Waals surface area contributed by atoms with E-state index in [2.05, 4.69) is 31.0 Å². The predicted molar refractivity (Wildman–Crippen MR) is 95.9 cm³/mol. The van der Waals surface area contributed by atoms with E-state index in [9.17, 15) is 9.90 Å². The molecule has 2 heterocycles. The van der Waals surface area contributed by atoms with Crippen molar-refractivity contribution >= 4 is 5.91 Å². The van der Waals surface area contributed by atoms with Crippen molar-refractivity contribution in [1.82, 2.24) is 9.80 Å². The van der Waals surface area contributed by atoms with Gasteiger partial charge in [-0.15, -0.1) is 0 Å². The molecule has 24 heavy (non-hydrogen) atoms. The summed E-state index contributed by atoms with van der Waals surface area (Å²) < 4.78 is 0. The lowest BCUT2D eigenvalue weighted by atomic mass is 9.69. The zero-order valence-corrected chi connectivity index (χ0v) is 15.0. The van der Waals surface area contributed by atoms with Crippen LogP contribution in [0.15, 0.2) is 24.3 Å². The first kappa shape index (κ1) is 17.4. The van der Waals surface area contributed by atoms with E-state index in [1.54, 1.807) is 0 Å². The second-order valence-electron chi connectivity index (χ2n) is 7.64. The number of carbonyl (C=O) groups excluding carboxylic acids is 1. The number of aryl methyl sites for hydroxylation is 2. The van der Waals surface area contributed by atoms with Crippen LogP contribution in [0.1, 0.15) is 36.8 Å². The number of nitrogens with zero attached hydrogens (tertiary/aromatic N) is 2. The van der Waals surface area contributed by atoms with Crippen molar-refractivity contribution in [3.8, 4) is 0 Å². The van der Waals surface area contributed by atoms with Gasteiger partial charge in [0, 0.05) is 31.0 Å². The lowest BCUT2D eigenvalue weighted by Gasteiger charge is -2.53. The van der Waals surface area contributed by atoms with Gasteiger partial charge in [-0.25, -0.2) is 0 Å². The molecule has 0 spiro atoms. The number of aliphatic hydroxyl groups is 1. The molecule has 2 aliphatic rings. The fourth-order valence-electron chi connectivity index (χ4n) is 4.53. The van der Waals surface area contributed by atoms with Crippen LogP contribution in [0.4, 0.5) is 0 Å². The Morgan fingerprint density at radius 1 is 1.29 bits per heavy atom. The minimum Gasteiger partial charge on any atom is -0.396 e. The summed E-state index contributed by atoms with van der Waals surface area (Å²) in [6, 6.07) is 8.60. The molecule has 0 saturated carbocycles. The summed E-state index contributed by atoms with van der Waals surface area (Å²) in [5.41, 5.74) is 2.53. The topological polar surface area (TPSA) is 43.8 Å². The number of aliphatic hydroxyl groups excluding tert-OH is 1. The molecule has 4 nitrogen and oxygen atoms in total. The number of carbonyl (C=O) groups is 1. The molecule has 2 fully saturated rings. The second kappa shape index (κ2) is 7.24. The summed E-state index contributed by atoms with van der Waals surface area (Å²) in [5, 5.41) is 9.97. The Kier molecular flexibility index (Phi) is 5.26. The standard InChI is InChI=1S/C20H30N2O2/c1-16-6-3-4-7-17(16)8-9-19(24)22-13-11-20(15-23)10-5-12-21(2)18(20)14-22/h3-4,6-7,18,23H,5,8-15H2,1-2H3/t18-,20-/m1/s1. The Bertz CT molecular complexity index is 589. The van der Waals surface area contributed by atoms with Crippen LogP contribution >= 0.6 is 0 Å². The van der Waals surface area contributed by atoms with E-state index >= 15 is 0 Å². The van der Waals surface area contributed by atoms with Crippen molar-refractivity contribution in [2.24, 2.45) is 5.41 Å². The number of hydrogen-bond donors (Lipinski definition) is 1. The molecule has 0 bridgehead atoms. The summed E-state index contributed by atoms with van der Waals surface area (Å²) in [6.07, 6.45) is 4.55. The van der Waals surface area contributed by atoms with Crippen molar-refractivity contribution in [2.75, 3.05) is 33.3 Å². The number of benzene rings is 1. The van der Waals surface area contributed by atoms with Gasteiger partial charge in [0.15, 0.2) is 0 Å². The van der Waals surface area contributed by atoms with E-state index in [1.807, 2.05) is 17.0 Å². The number of hydrogen-bond acceptors (Lipinski definition) is 3. The first-order valence-electron chi connectivity index (χ1n) is 9.19. The molecule has 2 aliphatic heterocycles. The summed E-state index contributed by atoms with van der Waals surface area (Å²) >= 11 is 0. The highest BCUT2D eigenvalue weighted by Gasteiger charge is 2.47. The molecule has 0 radical (unpaired) electrons. The zero-order chi connectivity index (χ0) is 17.2. The average molecular weight is 330 g/mol. The maximum Gasteiger partial charge on any atom is 0.222 e. The lowest BCUT2D eigenvalue weighted by molar-refractivity contribution is -0.139. The molecule has 3 rings (SSSR count). The van der Waals surface area contributed by atoms with E-state index in [1.165, 1.54) is 11.1 Å². The van der Waals surface area contributed by atoms with Crippen LogP contribution in [0.25, 0.3) is 0 Å². The normalized spacial score (nSPS) is 27.8. The van der Waals surface area contributed by atoms with Crippen LogP contribution in [0.5, 0.6) is 0 Å². The van der Waals surface area contributed by atoms with Crippen LogP contribution in [0.3, 0.4) is 0 Å². The third-order valence-electron chi connectivity index (χ3n) is 6.23. The second-order valence-corrected chi connectivity index (χ2v) is 7.64. The maximum absolute atomic E-state index is 12.7. The fraction of sp³-hybridized carbons (Fsp3) is 0.650. The van der Waals surface area contributed by atoms with Crippen LogP contribution < -0.4 is 0 Å². The molecule has 4 heteroatoms. The first-order chi connectivity index (χ1) is 11.6. The third kappa shape index (κ3) is 3.35. The highest BCUT2D eigenvalue weighted by molar-refractivity contribution is 5.76. The van der Waals surface area contributed by atoms with Crippen LogP contribution in [-0.4, -0.2) is 60.1 Å². The molecule has 1 aromatic carbocycles. The van der Waals surface area contributed by atoms with Crippen molar-refractivity contribution in [1.29, 1.82) is 0 Å². The Hall–Kier alpha value is -1.39. The Morgan fingerprint density at radius 2 is 2.08 bits per heavy atom. The van der Waals surface area contributed by atoms with E-state index < -0.39 is 0 Å². The lowest BCUT2D eigenvalue weighted by Crippen LogP contribution is -2.62. The molecule has 1 N–H and O–H groups in total. The minimum absolute atomic E-state index is 0.000200. The number of rotatable bonds is 4. The van der Waals surface area contributed by atoms with E-state index in [0.29, 0.717) is 12.5 Å². The molecule has 1 aromatic rings. The van der Waals surface area contributed by atoms with Gasteiger partial charge in [-0.1, -0.05) is 24.3 Å². The molecule has 0 aliphatic carbocycles. The summed E-state index contributed by atoms with van der Waals surface area (Å²) in [6.45, 7) is 4.97. The van der Waals surface area contributed by atoms with Gasteiger partial charge >= 0.3 is 0 Å². The van der Waals surface area contributed by atoms with Gasteiger partial charge in [0.25, 0.3) is 0 Å². The SMILES string of the molecule is Cc1ccccc1CCC(=O)N1CC[C@@]2(CO)CCCN(C)[C@@H]2C1. The number of likely N-dealkylation sites (N-methyl/N-ethyl adjacent to an activating group) is 1. The highest BCUT2D eigenvalue weighted by Crippen LogP contribution is 2.41. The summed E-state index contributed by atoms with van der Waals surface area (Å²) in [7, 11) is 2.13. The average Bonchev–Trinajstić information content (AvgIpc) is 2.61. The smallest absolute Gasteiger partial charge is 0.222 e. The Labute approximate surface area is 145 Å². The van der Waals surface area contributed by atoms with Crippen LogP contribution in [0.2, 0.25) is 0 Å².